The summed E-state index contributed by atoms with van der Waals surface area (Å²) in [6, 6.07) is 10.5. The molecule has 2 rings (SSSR count). The molecule has 0 bridgehead atoms. The zero-order chi connectivity index (χ0) is 11.4. The molecule has 0 amide bonds. The lowest BCUT2D eigenvalue weighted by Gasteiger charge is -2.28. The largest absolute Gasteiger partial charge is 0.389 e. The first-order valence-corrected chi connectivity index (χ1v) is 6.14. The molecule has 2 nitrogen and oxygen atoms in total. The molecule has 1 atom stereocenters. The Morgan fingerprint density at radius 1 is 1.25 bits per heavy atom. The van der Waals surface area contributed by atoms with Crippen molar-refractivity contribution in [3.8, 4) is 0 Å². The number of likely N-dealkylation sites (tertiary alicyclic amines) is 1. The monoisotopic (exact) mass is 219 g/mol. The summed E-state index contributed by atoms with van der Waals surface area (Å²) in [6.07, 6.45) is 3.26. The molecule has 0 aliphatic carbocycles. The molecule has 88 valence electrons. The Bertz CT molecular complexity index is 321. The van der Waals surface area contributed by atoms with Crippen LogP contribution in [0, 0.1) is 0 Å². The van der Waals surface area contributed by atoms with E-state index in [4.69, 9.17) is 0 Å². The first-order valence-electron chi connectivity index (χ1n) is 6.14. The number of benzene rings is 1. The summed E-state index contributed by atoms with van der Waals surface area (Å²) < 4.78 is 0. The molecule has 1 fully saturated rings. The molecule has 1 N–H and O–H groups in total. The number of hydrogen-bond donors (Lipinski definition) is 1. The van der Waals surface area contributed by atoms with Crippen molar-refractivity contribution in [1.29, 1.82) is 0 Å². The van der Waals surface area contributed by atoms with E-state index in [0.717, 1.165) is 32.5 Å². The Hall–Kier alpha value is -0.860. The van der Waals surface area contributed by atoms with Crippen LogP contribution in [0.15, 0.2) is 30.3 Å². The van der Waals surface area contributed by atoms with Gasteiger partial charge in [-0.1, -0.05) is 30.3 Å². The van der Waals surface area contributed by atoms with Crippen LogP contribution in [0.25, 0.3) is 0 Å². The normalized spacial score (nSPS) is 27.6. The number of rotatable bonds is 2. The van der Waals surface area contributed by atoms with Crippen molar-refractivity contribution < 1.29 is 5.11 Å². The van der Waals surface area contributed by atoms with Crippen molar-refractivity contribution in [1.82, 2.24) is 4.90 Å². The average molecular weight is 219 g/mol. The highest BCUT2D eigenvalue weighted by Crippen LogP contribution is 2.21. The highest BCUT2D eigenvalue weighted by Gasteiger charge is 2.26. The van der Waals surface area contributed by atoms with Crippen molar-refractivity contribution in [3.63, 3.8) is 0 Å². The number of nitrogens with zero attached hydrogens (tertiary/aromatic N) is 1. The molecule has 0 saturated carbocycles. The molecule has 2 heteroatoms. The van der Waals surface area contributed by atoms with Gasteiger partial charge in [-0.25, -0.2) is 0 Å². The molecule has 0 aromatic heterocycles. The predicted octanol–water partition coefficient (Wildman–Crippen LogP) is 2.42. The van der Waals surface area contributed by atoms with Gasteiger partial charge in [0.15, 0.2) is 0 Å². The maximum Gasteiger partial charge on any atom is 0.0746 e. The van der Waals surface area contributed by atoms with E-state index < -0.39 is 5.60 Å². The molecule has 1 unspecified atom stereocenters. The summed E-state index contributed by atoms with van der Waals surface area (Å²) >= 11 is 0. The summed E-state index contributed by atoms with van der Waals surface area (Å²) in [5.41, 5.74) is 0.825. The number of aliphatic hydroxyl groups is 1. The molecule has 1 aliphatic rings. The lowest BCUT2D eigenvalue weighted by Crippen LogP contribution is -2.38. The van der Waals surface area contributed by atoms with Gasteiger partial charge < -0.3 is 5.11 Å². The molecule has 1 saturated heterocycles. The SMILES string of the molecule is CC1(O)CCCCN(Cc2ccccc2)C1. The number of β-amino-alcohol motifs (C(OH)–C–C–N with tert-alkyl or cyclic N) is 1. The predicted molar refractivity (Wildman–Crippen MR) is 66.2 cm³/mol. The van der Waals surface area contributed by atoms with Crippen molar-refractivity contribution >= 4 is 0 Å². The van der Waals surface area contributed by atoms with Crippen LogP contribution >= 0.6 is 0 Å². The smallest absolute Gasteiger partial charge is 0.0746 e. The number of hydrogen-bond acceptors (Lipinski definition) is 2. The van der Waals surface area contributed by atoms with Crippen LogP contribution in [0.2, 0.25) is 0 Å². The van der Waals surface area contributed by atoms with Crippen LogP contribution in [0.5, 0.6) is 0 Å². The van der Waals surface area contributed by atoms with Gasteiger partial charge in [0.2, 0.25) is 0 Å². The minimum atomic E-state index is -0.509. The van der Waals surface area contributed by atoms with Crippen LogP contribution < -0.4 is 0 Å². The molecule has 16 heavy (non-hydrogen) atoms. The second-order valence-electron chi connectivity index (χ2n) is 5.15. The molecule has 0 spiro atoms. The molecule has 1 aromatic rings. The summed E-state index contributed by atoms with van der Waals surface area (Å²) in [6.45, 7) is 4.81. The summed E-state index contributed by atoms with van der Waals surface area (Å²) in [5, 5.41) is 10.2. The third-order valence-corrected chi connectivity index (χ3v) is 3.25. The summed E-state index contributed by atoms with van der Waals surface area (Å²) in [5.74, 6) is 0. The highest BCUT2D eigenvalue weighted by molar-refractivity contribution is 5.14. The van der Waals surface area contributed by atoms with Crippen molar-refractivity contribution in [2.45, 2.75) is 38.3 Å². The van der Waals surface area contributed by atoms with Gasteiger partial charge in [0.05, 0.1) is 5.60 Å². The van der Waals surface area contributed by atoms with Gasteiger partial charge >= 0.3 is 0 Å². The van der Waals surface area contributed by atoms with E-state index in [2.05, 4.69) is 29.2 Å². The van der Waals surface area contributed by atoms with Gasteiger partial charge in [-0.3, -0.25) is 4.90 Å². The fourth-order valence-electron chi connectivity index (χ4n) is 2.46. The Labute approximate surface area is 97.9 Å². The Morgan fingerprint density at radius 2 is 2.00 bits per heavy atom. The standard InChI is InChI=1S/C14H21NO/c1-14(16)9-5-6-10-15(12-14)11-13-7-3-2-4-8-13/h2-4,7-8,16H,5-6,9-12H2,1H3. The maximum atomic E-state index is 10.2. The van der Waals surface area contributed by atoms with Gasteiger partial charge in [-0.2, -0.15) is 0 Å². The molecule has 0 radical (unpaired) electrons. The maximum absolute atomic E-state index is 10.2. The van der Waals surface area contributed by atoms with Crippen LogP contribution in [0.4, 0.5) is 0 Å². The van der Waals surface area contributed by atoms with Crippen LogP contribution in [-0.2, 0) is 6.54 Å². The molecular weight excluding hydrogens is 198 g/mol. The zero-order valence-electron chi connectivity index (χ0n) is 10.0. The van der Waals surface area contributed by atoms with Gasteiger partial charge in [0, 0.05) is 13.1 Å². The third kappa shape index (κ3) is 3.32. The highest BCUT2D eigenvalue weighted by atomic mass is 16.3. The average Bonchev–Trinajstić information content (AvgIpc) is 2.40. The second kappa shape index (κ2) is 4.98. The molecule has 1 aromatic carbocycles. The van der Waals surface area contributed by atoms with E-state index >= 15 is 0 Å². The van der Waals surface area contributed by atoms with Gasteiger partial charge in [-0.15, -0.1) is 0 Å². The van der Waals surface area contributed by atoms with Crippen molar-refractivity contribution in [2.75, 3.05) is 13.1 Å². The van der Waals surface area contributed by atoms with Gasteiger partial charge in [0.1, 0.15) is 0 Å². The van der Waals surface area contributed by atoms with E-state index in [1.165, 1.54) is 12.0 Å². The van der Waals surface area contributed by atoms with E-state index in [1.807, 2.05) is 13.0 Å². The molecule has 1 aliphatic heterocycles. The van der Waals surface area contributed by atoms with Crippen molar-refractivity contribution in [3.05, 3.63) is 35.9 Å². The lowest BCUT2D eigenvalue weighted by molar-refractivity contribution is 0.0217. The Morgan fingerprint density at radius 3 is 2.75 bits per heavy atom. The lowest BCUT2D eigenvalue weighted by atomic mass is 10.0. The molecule has 1 heterocycles. The fraction of sp³-hybridized carbons (Fsp3) is 0.571. The van der Waals surface area contributed by atoms with E-state index in [0.29, 0.717) is 0 Å². The first kappa shape index (κ1) is 11.6. The minimum absolute atomic E-state index is 0.509. The Kier molecular flexibility index (Phi) is 3.62. The van der Waals surface area contributed by atoms with E-state index in [-0.39, 0.29) is 0 Å². The van der Waals surface area contributed by atoms with E-state index in [1.54, 1.807) is 0 Å². The Balaban J connectivity index is 1.98. The van der Waals surface area contributed by atoms with Gasteiger partial charge in [0.25, 0.3) is 0 Å². The fourth-order valence-corrected chi connectivity index (χ4v) is 2.46. The quantitative estimate of drug-likeness (QED) is 0.825. The van der Waals surface area contributed by atoms with Crippen LogP contribution in [0.3, 0.4) is 0 Å². The van der Waals surface area contributed by atoms with Crippen LogP contribution in [0.1, 0.15) is 31.7 Å². The summed E-state index contributed by atoms with van der Waals surface area (Å²) in [4.78, 5) is 2.36. The van der Waals surface area contributed by atoms with Crippen molar-refractivity contribution in [2.24, 2.45) is 0 Å². The first-order chi connectivity index (χ1) is 7.66. The van der Waals surface area contributed by atoms with Gasteiger partial charge in [-0.05, 0) is 38.3 Å². The van der Waals surface area contributed by atoms with E-state index in [9.17, 15) is 5.11 Å². The molecular formula is C14H21NO. The third-order valence-electron chi connectivity index (χ3n) is 3.25. The minimum Gasteiger partial charge on any atom is -0.389 e. The van der Waals surface area contributed by atoms with Crippen LogP contribution in [-0.4, -0.2) is 28.7 Å². The topological polar surface area (TPSA) is 23.5 Å². The second-order valence-corrected chi connectivity index (χ2v) is 5.15. The summed E-state index contributed by atoms with van der Waals surface area (Å²) in [7, 11) is 0. The zero-order valence-corrected chi connectivity index (χ0v) is 10.0.